The Kier molecular flexibility index (Phi) is 13.2. The van der Waals surface area contributed by atoms with Crippen molar-refractivity contribution >= 4 is 0 Å². The van der Waals surface area contributed by atoms with Crippen LogP contribution in [-0.2, 0) is 0 Å². The van der Waals surface area contributed by atoms with E-state index in [9.17, 15) is 0 Å². The summed E-state index contributed by atoms with van der Waals surface area (Å²) in [5.74, 6) is 3.84. The van der Waals surface area contributed by atoms with Crippen LogP contribution in [0, 0.1) is 35.0 Å². The monoisotopic (exact) mass is 397 g/mol. The Bertz CT molecular complexity index is 481. The van der Waals surface area contributed by atoms with Gasteiger partial charge < -0.3 is 0 Å². The summed E-state index contributed by atoms with van der Waals surface area (Å²) in [6.07, 6.45) is 34.1. The lowest BCUT2D eigenvalue weighted by Gasteiger charge is -2.29. The number of nitriles is 1. The fraction of sp³-hybridized carbons (Fsp3) is 0.821. The molecule has 2 aliphatic carbocycles. The second-order valence-electron chi connectivity index (χ2n) is 10.0. The van der Waals surface area contributed by atoms with Gasteiger partial charge in [-0.1, -0.05) is 115 Å². The summed E-state index contributed by atoms with van der Waals surface area (Å²) in [6, 6.07) is 2.05. The van der Waals surface area contributed by atoms with E-state index in [2.05, 4.69) is 19.1 Å². The van der Waals surface area contributed by atoms with Crippen molar-refractivity contribution in [2.24, 2.45) is 23.7 Å². The molecule has 0 amide bonds. The number of rotatable bonds is 13. The molecule has 2 saturated carbocycles. The molecule has 0 atom stereocenters. The average Bonchev–Trinajstić information content (AvgIpc) is 2.76. The predicted molar refractivity (Wildman–Crippen MR) is 127 cm³/mol. The van der Waals surface area contributed by atoms with Crippen molar-refractivity contribution in [3.05, 3.63) is 24.3 Å². The quantitative estimate of drug-likeness (QED) is 0.173. The SMILES string of the molecule is CCCCCCC[C@H]1CC[C@H](CCCC[C@H]2CC[C@H](C=CC=CC#N)CC2)CC1. The first-order valence-electron chi connectivity index (χ1n) is 13.0. The van der Waals surface area contributed by atoms with Crippen molar-refractivity contribution in [2.75, 3.05) is 0 Å². The third kappa shape index (κ3) is 11.1. The van der Waals surface area contributed by atoms with Gasteiger partial charge in [-0.2, -0.15) is 5.26 Å². The molecule has 0 bridgehead atoms. The minimum Gasteiger partial charge on any atom is -0.193 e. The highest BCUT2D eigenvalue weighted by atomic mass is 14.3. The Hall–Kier alpha value is -1.03. The number of allylic oxidation sites excluding steroid dienone is 4. The maximum Gasteiger partial charge on any atom is 0.0912 e. The molecular formula is C28H47N. The second kappa shape index (κ2) is 15.8. The Labute approximate surface area is 182 Å². The average molecular weight is 398 g/mol. The first kappa shape index (κ1) is 24.2. The van der Waals surface area contributed by atoms with Crippen LogP contribution in [-0.4, -0.2) is 0 Å². The molecule has 2 rings (SSSR count). The van der Waals surface area contributed by atoms with E-state index < -0.39 is 0 Å². The summed E-state index contributed by atoms with van der Waals surface area (Å²) in [4.78, 5) is 0. The van der Waals surface area contributed by atoms with Gasteiger partial charge in [-0.3, -0.25) is 0 Å². The largest absolute Gasteiger partial charge is 0.193 e. The normalized spacial score (nSPS) is 28.1. The summed E-state index contributed by atoms with van der Waals surface area (Å²) in [6.45, 7) is 2.31. The molecule has 0 N–H and O–H groups in total. The maximum atomic E-state index is 8.52. The van der Waals surface area contributed by atoms with Gasteiger partial charge in [0.15, 0.2) is 0 Å². The molecule has 0 aliphatic heterocycles. The molecule has 0 spiro atoms. The molecule has 0 saturated heterocycles. The lowest BCUT2D eigenvalue weighted by Crippen LogP contribution is -2.15. The zero-order valence-electron chi connectivity index (χ0n) is 19.3. The van der Waals surface area contributed by atoms with E-state index in [1.54, 1.807) is 6.08 Å². The predicted octanol–water partition coefficient (Wildman–Crippen LogP) is 9.16. The molecule has 0 heterocycles. The first-order valence-corrected chi connectivity index (χ1v) is 13.0. The summed E-state index contributed by atoms with van der Waals surface area (Å²) in [5, 5.41) is 8.52. The van der Waals surface area contributed by atoms with Gasteiger partial charge >= 0.3 is 0 Å². The Morgan fingerprint density at radius 1 is 0.655 bits per heavy atom. The molecule has 1 heteroatoms. The van der Waals surface area contributed by atoms with E-state index >= 15 is 0 Å². The van der Waals surface area contributed by atoms with Gasteiger partial charge in [-0.15, -0.1) is 0 Å². The van der Waals surface area contributed by atoms with Gasteiger partial charge in [0.1, 0.15) is 0 Å². The van der Waals surface area contributed by atoms with E-state index in [0.29, 0.717) is 0 Å². The van der Waals surface area contributed by atoms with Crippen LogP contribution in [0.4, 0.5) is 0 Å². The van der Waals surface area contributed by atoms with Crippen molar-refractivity contribution < 1.29 is 0 Å². The highest BCUT2D eigenvalue weighted by Gasteiger charge is 2.21. The summed E-state index contributed by atoms with van der Waals surface area (Å²) < 4.78 is 0. The zero-order valence-corrected chi connectivity index (χ0v) is 19.3. The Morgan fingerprint density at radius 2 is 1.14 bits per heavy atom. The molecule has 2 fully saturated rings. The molecule has 0 radical (unpaired) electrons. The van der Waals surface area contributed by atoms with Crippen molar-refractivity contribution in [3.8, 4) is 6.07 Å². The van der Waals surface area contributed by atoms with E-state index in [0.717, 1.165) is 23.7 Å². The van der Waals surface area contributed by atoms with Gasteiger partial charge in [0.25, 0.3) is 0 Å². The zero-order chi connectivity index (χ0) is 20.6. The smallest absolute Gasteiger partial charge is 0.0912 e. The van der Waals surface area contributed by atoms with Crippen molar-refractivity contribution in [3.63, 3.8) is 0 Å². The van der Waals surface area contributed by atoms with Gasteiger partial charge in [0.2, 0.25) is 0 Å². The first-order chi connectivity index (χ1) is 14.3. The summed E-state index contributed by atoms with van der Waals surface area (Å²) >= 11 is 0. The minimum absolute atomic E-state index is 0.747. The third-order valence-corrected chi connectivity index (χ3v) is 7.71. The van der Waals surface area contributed by atoms with Crippen LogP contribution < -0.4 is 0 Å². The molecule has 29 heavy (non-hydrogen) atoms. The highest BCUT2D eigenvalue weighted by Crippen LogP contribution is 2.36. The second-order valence-corrected chi connectivity index (χ2v) is 10.0. The van der Waals surface area contributed by atoms with Crippen LogP contribution in [0.25, 0.3) is 0 Å². The maximum absolute atomic E-state index is 8.52. The molecular weight excluding hydrogens is 350 g/mol. The van der Waals surface area contributed by atoms with Crippen molar-refractivity contribution in [2.45, 2.75) is 122 Å². The van der Waals surface area contributed by atoms with Crippen LogP contribution in [0.15, 0.2) is 24.3 Å². The molecule has 0 aromatic carbocycles. The molecule has 0 aromatic rings. The minimum atomic E-state index is 0.747. The Morgan fingerprint density at radius 3 is 1.66 bits per heavy atom. The third-order valence-electron chi connectivity index (χ3n) is 7.71. The molecule has 1 nitrogen and oxygen atoms in total. The van der Waals surface area contributed by atoms with E-state index in [-0.39, 0.29) is 0 Å². The topological polar surface area (TPSA) is 23.8 Å². The molecule has 0 aromatic heterocycles. The Balaban J connectivity index is 1.44. The molecule has 2 aliphatic rings. The van der Waals surface area contributed by atoms with Crippen LogP contribution in [0.5, 0.6) is 0 Å². The van der Waals surface area contributed by atoms with Crippen LogP contribution in [0.1, 0.15) is 122 Å². The number of hydrogen-bond donors (Lipinski definition) is 0. The summed E-state index contributed by atoms with van der Waals surface area (Å²) in [5.41, 5.74) is 0. The van der Waals surface area contributed by atoms with E-state index in [4.69, 9.17) is 5.26 Å². The van der Waals surface area contributed by atoms with Gasteiger partial charge in [0.05, 0.1) is 6.07 Å². The van der Waals surface area contributed by atoms with Gasteiger partial charge in [0, 0.05) is 6.08 Å². The van der Waals surface area contributed by atoms with Gasteiger partial charge in [-0.25, -0.2) is 0 Å². The van der Waals surface area contributed by atoms with Crippen LogP contribution in [0.3, 0.4) is 0 Å². The van der Waals surface area contributed by atoms with E-state index in [1.165, 1.54) is 116 Å². The van der Waals surface area contributed by atoms with E-state index in [1.807, 2.05) is 12.1 Å². The lowest BCUT2D eigenvalue weighted by atomic mass is 9.77. The molecule has 164 valence electrons. The number of unbranched alkanes of at least 4 members (excludes halogenated alkanes) is 5. The fourth-order valence-electron chi connectivity index (χ4n) is 5.70. The molecule has 0 unspecified atom stereocenters. The van der Waals surface area contributed by atoms with Crippen molar-refractivity contribution in [1.82, 2.24) is 0 Å². The number of nitrogens with zero attached hydrogens (tertiary/aromatic N) is 1. The summed E-state index contributed by atoms with van der Waals surface area (Å²) in [7, 11) is 0. The fourth-order valence-corrected chi connectivity index (χ4v) is 5.70. The number of hydrogen-bond acceptors (Lipinski definition) is 1. The standard InChI is InChI=1S/C28H47N/c1-2-3-4-5-7-12-25-16-20-27(21-17-25)14-9-10-15-28-22-18-26(19-23-28)13-8-6-11-24-29/h6,8,11,13,25-28H,2-5,7,9-10,12,14-23H2,1H3/t25-,26-,27-,28-. The lowest BCUT2D eigenvalue weighted by molar-refractivity contribution is 0.239. The van der Waals surface area contributed by atoms with Gasteiger partial charge in [-0.05, 0) is 49.4 Å². The van der Waals surface area contributed by atoms with Crippen LogP contribution in [0.2, 0.25) is 0 Å². The van der Waals surface area contributed by atoms with Crippen molar-refractivity contribution in [1.29, 1.82) is 5.26 Å². The highest BCUT2D eigenvalue weighted by molar-refractivity contribution is 5.12. The van der Waals surface area contributed by atoms with Crippen LogP contribution >= 0.6 is 0 Å².